The van der Waals surface area contributed by atoms with E-state index in [-0.39, 0.29) is 12.2 Å². The van der Waals surface area contributed by atoms with Gasteiger partial charge in [-0.1, -0.05) is 99.1 Å². The molecule has 198 valence electrons. The molecule has 38 heavy (non-hydrogen) atoms. The Hall–Kier alpha value is -3.24. The zero-order valence-corrected chi connectivity index (χ0v) is 22.4. The van der Waals surface area contributed by atoms with E-state index >= 15 is 0 Å². The molecule has 0 saturated carbocycles. The van der Waals surface area contributed by atoms with Gasteiger partial charge in [0.25, 0.3) is 0 Å². The van der Waals surface area contributed by atoms with Gasteiger partial charge in [0.05, 0.1) is 12.6 Å². The lowest BCUT2D eigenvalue weighted by atomic mass is 9.61. The van der Waals surface area contributed by atoms with E-state index in [0.717, 1.165) is 30.7 Å². The van der Waals surface area contributed by atoms with Crippen LogP contribution in [-0.2, 0) is 4.74 Å². The first-order valence-electron chi connectivity index (χ1n) is 14.5. The van der Waals surface area contributed by atoms with Crippen LogP contribution in [0.2, 0.25) is 0 Å². The number of benzene rings is 1. The first-order chi connectivity index (χ1) is 18.7. The Morgan fingerprint density at radius 3 is 2.71 bits per heavy atom. The number of ether oxygens (including phenoxy) is 1. The molecule has 0 saturated heterocycles. The number of allylic oxidation sites excluding steroid dienone is 8. The molecule has 4 aliphatic carbocycles. The minimum absolute atomic E-state index is 0.0146. The van der Waals surface area contributed by atoms with Crippen molar-refractivity contribution in [3.05, 3.63) is 113 Å². The van der Waals surface area contributed by atoms with Crippen LogP contribution in [-0.4, -0.2) is 23.9 Å². The highest BCUT2D eigenvalue weighted by molar-refractivity contribution is 5.61. The van der Waals surface area contributed by atoms with E-state index in [9.17, 15) is 5.11 Å². The number of hydrogen-bond donors (Lipinski definition) is 3. The van der Waals surface area contributed by atoms with Gasteiger partial charge in [-0.05, 0) is 60.0 Å². The lowest BCUT2D eigenvalue weighted by molar-refractivity contribution is 0.164. The Morgan fingerprint density at radius 2 is 1.82 bits per heavy atom. The Balaban J connectivity index is 1.35. The van der Waals surface area contributed by atoms with Crippen LogP contribution in [0.15, 0.2) is 102 Å². The van der Waals surface area contributed by atoms with E-state index in [1.807, 2.05) is 12.2 Å². The summed E-state index contributed by atoms with van der Waals surface area (Å²) in [4.78, 5) is 0. The number of fused-ring (bicyclic) bond motifs is 5. The molecule has 3 N–H and O–H groups in total. The Morgan fingerprint density at radius 1 is 0.947 bits per heavy atom. The average Bonchev–Trinajstić information content (AvgIpc) is 2.96. The summed E-state index contributed by atoms with van der Waals surface area (Å²) in [6, 6.07) is 8.84. The van der Waals surface area contributed by atoms with Crippen molar-refractivity contribution in [2.75, 3.05) is 6.61 Å². The van der Waals surface area contributed by atoms with Gasteiger partial charge in [-0.3, -0.25) is 5.32 Å². The fourth-order valence-electron chi connectivity index (χ4n) is 6.78. The molecule has 0 bridgehead atoms. The standard InChI is InChI=1S/C34H40N2O2/c1-2-3-4-11-20-38-33-22-31(35-34(36-33)28-16-9-10-17-32(28)37)30-21-29-24-13-6-5-12-23(24)18-19-27(29)25-14-7-8-15-26(25)30/h5-8,10,12-15,17-19,21-22,25-27,29,31,34-37H,2-4,9,11,16,20H2,1H3. The van der Waals surface area contributed by atoms with E-state index < -0.39 is 0 Å². The van der Waals surface area contributed by atoms with Crippen LogP contribution in [0.25, 0.3) is 6.08 Å². The van der Waals surface area contributed by atoms with E-state index in [1.54, 1.807) is 0 Å². The molecule has 4 nitrogen and oxygen atoms in total. The largest absolute Gasteiger partial charge is 0.508 e. The first-order valence-corrected chi connectivity index (χ1v) is 14.5. The second kappa shape index (κ2) is 11.2. The smallest absolute Gasteiger partial charge is 0.185 e. The predicted molar refractivity (Wildman–Crippen MR) is 155 cm³/mol. The van der Waals surface area contributed by atoms with Crippen molar-refractivity contribution >= 4 is 6.08 Å². The van der Waals surface area contributed by atoms with Crippen molar-refractivity contribution in [2.45, 2.75) is 63.6 Å². The van der Waals surface area contributed by atoms with Gasteiger partial charge in [0, 0.05) is 17.4 Å². The number of hydrogen-bond acceptors (Lipinski definition) is 4. The maximum atomic E-state index is 10.7. The van der Waals surface area contributed by atoms with Crippen molar-refractivity contribution in [3.8, 4) is 0 Å². The van der Waals surface area contributed by atoms with Crippen LogP contribution < -0.4 is 10.6 Å². The Bertz CT molecular complexity index is 1250. The fourth-order valence-corrected chi connectivity index (χ4v) is 6.78. The second-order valence-electron chi connectivity index (χ2n) is 11.1. The molecule has 6 atom stereocenters. The molecule has 0 aromatic heterocycles. The summed E-state index contributed by atoms with van der Waals surface area (Å²) >= 11 is 0. The molecule has 0 radical (unpaired) electrons. The number of aliphatic hydroxyl groups excluding tert-OH is 1. The molecule has 0 spiro atoms. The van der Waals surface area contributed by atoms with Crippen molar-refractivity contribution < 1.29 is 9.84 Å². The highest BCUT2D eigenvalue weighted by atomic mass is 16.5. The SMILES string of the molecule is CCCCCCOC1=CC(C2=CC3c4ccccc4C=CC3C3C=CC=CC23)NC(C2=C(O)C=CCC2)N1. The van der Waals surface area contributed by atoms with Gasteiger partial charge >= 0.3 is 0 Å². The summed E-state index contributed by atoms with van der Waals surface area (Å²) in [6.07, 6.45) is 28.9. The molecule has 0 amide bonds. The van der Waals surface area contributed by atoms with Crippen LogP contribution in [0.3, 0.4) is 0 Å². The summed E-state index contributed by atoms with van der Waals surface area (Å²) in [5, 5.41) is 18.2. The van der Waals surface area contributed by atoms with E-state index in [2.05, 4.69) is 90.4 Å². The molecule has 5 aliphatic rings. The van der Waals surface area contributed by atoms with Crippen molar-refractivity contribution in [2.24, 2.45) is 17.8 Å². The van der Waals surface area contributed by atoms with Gasteiger partial charge in [-0.25, -0.2) is 0 Å². The van der Waals surface area contributed by atoms with Gasteiger partial charge in [0.1, 0.15) is 11.9 Å². The fraction of sp³-hybridized carbons (Fsp3) is 0.412. The van der Waals surface area contributed by atoms with E-state index in [4.69, 9.17) is 4.74 Å². The highest BCUT2D eigenvalue weighted by Crippen LogP contribution is 2.50. The van der Waals surface area contributed by atoms with Crippen molar-refractivity contribution in [1.82, 2.24) is 10.6 Å². The van der Waals surface area contributed by atoms with Crippen molar-refractivity contribution in [3.63, 3.8) is 0 Å². The maximum Gasteiger partial charge on any atom is 0.185 e. The highest BCUT2D eigenvalue weighted by Gasteiger charge is 2.42. The topological polar surface area (TPSA) is 53.5 Å². The van der Waals surface area contributed by atoms with E-state index in [1.165, 1.54) is 36.0 Å². The number of nitrogens with one attached hydrogen (secondary N) is 2. The molecule has 1 aliphatic heterocycles. The molecule has 6 unspecified atom stereocenters. The molecular weight excluding hydrogens is 468 g/mol. The van der Waals surface area contributed by atoms with Gasteiger partial charge in [-0.2, -0.15) is 0 Å². The third kappa shape index (κ3) is 4.94. The summed E-state index contributed by atoms with van der Waals surface area (Å²) in [7, 11) is 0. The zero-order chi connectivity index (χ0) is 25.9. The Labute approximate surface area is 227 Å². The van der Waals surface area contributed by atoms with Crippen LogP contribution in [0.1, 0.15) is 62.5 Å². The number of aliphatic hydroxyl groups is 1. The summed E-state index contributed by atoms with van der Waals surface area (Å²) in [5.74, 6) is 2.72. The summed E-state index contributed by atoms with van der Waals surface area (Å²) in [6.45, 7) is 2.94. The normalized spacial score (nSPS) is 31.1. The van der Waals surface area contributed by atoms with Gasteiger partial charge in [0.15, 0.2) is 5.88 Å². The van der Waals surface area contributed by atoms with Crippen LogP contribution in [0, 0.1) is 17.8 Å². The summed E-state index contributed by atoms with van der Waals surface area (Å²) < 4.78 is 6.32. The summed E-state index contributed by atoms with van der Waals surface area (Å²) in [5.41, 5.74) is 5.14. The zero-order valence-electron chi connectivity index (χ0n) is 22.4. The van der Waals surface area contributed by atoms with Gasteiger partial charge < -0.3 is 15.2 Å². The monoisotopic (exact) mass is 508 g/mol. The molecule has 0 fully saturated rings. The second-order valence-corrected chi connectivity index (χ2v) is 11.1. The van der Waals surface area contributed by atoms with Crippen molar-refractivity contribution in [1.29, 1.82) is 0 Å². The molecule has 1 aromatic rings. The molecule has 6 rings (SSSR count). The third-order valence-corrected chi connectivity index (χ3v) is 8.75. The molecule has 1 heterocycles. The third-order valence-electron chi connectivity index (χ3n) is 8.75. The molecular formula is C34H40N2O2. The lowest BCUT2D eigenvalue weighted by Crippen LogP contribution is -2.54. The number of rotatable bonds is 8. The minimum Gasteiger partial charge on any atom is -0.508 e. The van der Waals surface area contributed by atoms with Crippen LogP contribution >= 0.6 is 0 Å². The average molecular weight is 509 g/mol. The van der Waals surface area contributed by atoms with Gasteiger partial charge in [-0.15, -0.1) is 0 Å². The molecule has 4 heteroatoms. The molecule has 1 aromatic carbocycles. The number of unbranched alkanes of at least 4 members (excludes halogenated alkanes) is 3. The maximum absolute atomic E-state index is 10.7. The minimum atomic E-state index is -0.167. The van der Waals surface area contributed by atoms with Crippen LogP contribution in [0.4, 0.5) is 0 Å². The first kappa shape index (κ1) is 25.1. The van der Waals surface area contributed by atoms with Crippen LogP contribution in [0.5, 0.6) is 0 Å². The predicted octanol–water partition coefficient (Wildman–Crippen LogP) is 7.20. The van der Waals surface area contributed by atoms with E-state index in [0.29, 0.717) is 36.0 Å². The Kier molecular flexibility index (Phi) is 7.42. The van der Waals surface area contributed by atoms with Gasteiger partial charge in [0.2, 0.25) is 0 Å². The quantitative estimate of drug-likeness (QED) is 0.257. The lowest BCUT2D eigenvalue weighted by Gasteiger charge is -2.45.